The van der Waals surface area contributed by atoms with Gasteiger partial charge in [-0.3, -0.25) is 9.69 Å². The SMILES string of the molecule is NC(CCCCB(O)O)(CCN1CCC[C@H]1CN1CCCC1)C(=O)O. The summed E-state index contributed by atoms with van der Waals surface area (Å²) in [6, 6.07) is 0.528. The monoisotopic (exact) mass is 355 g/mol. The van der Waals surface area contributed by atoms with Gasteiger partial charge < -0.3 is 25.8 Å². The summed E-state index contributed by atoms with van der Waals surface area (Å²) in [4.78, 5) is 16.6. The molecule has 0 aliphatic carbocycles. The van der Waals surface area contributed by atoms with Gasteiger partial charge >= 0.3 is 13.1 Å². The van der Waals surface area contributed by atoms with Gasteiger partial charge in [0.15, 0.2) is 0 Å². The smallest absolute Gasteiger partial charge is 0.451 e. The zero-order valence-electron chi connectivity index (χ0n) is 15.3. The van der Waals surface area contributed by atoms with Crippen LogP contribution in [0.3, 0.4) is 0 Å². The fraction of sp³-hybridized carbons (Fsp3) is 0.941. The van der Waals surface area contributed by atoms with Crippen molar-refractivity contribution in [3.8, 4) is 0 Å². The van der Waals surface area contributed by atoms with Crippen molar-refractivity contribution in [3.63, 3.8) is 0 Å². The Morgan fingerprint density at radius 3 is 2.48 bits per heavy atom. The van der Waals surface area contributed by atoms with Crippen molar-refractivity contribution < 1.29 is 19.9 Å². The van der Waals surface area contributed by atoms with Crippen molar-refractivity contribution in [2.75, 3.05) is 32.7 Å². The van der Waals surface area contributed by atoms with Crippen LogP contribution in [0.15, 0.2) is 0 Å². The van der Waals surface area contributed by atoms with E-state index in [-0.39, 0.29) is 6.32 Å². The average Bonchev–Trinajstić information content (AvgIpc) is 3.22. The molecule has 1 unspecified atom stereocenters. The number of likely N-dealkylation sites (tertiary alicyclic amines) is 2. The van der Waals surface area contributed by atoms with Crippen LogP contribution >= 0.6 is 0 Å². The molecule has 0 aromatic heterocycles. The minimum absolute atomic E-state index is 0.264. The Hall–Kier alpha value is -0.665. The third kappa shape index (κ3) is 6.53. The van der Waals surface area contributed by atoms with Crippen molar-refractivity contribution in [1.29, 1.82) is 0 Å². The summed E-state index contributed by atoms with van der Waals surface area (Å²) in [5, 5.41) is 27.3. The van der Waals surface area contributed by atoms with E-state index in [9.17, 15) is 9.90 Å². The summed E-state index contributed by atoms with van der Waals surface area (Å²) in [6.45, 7) is 5.24. The Morgan fingerprint density at radius 1 is 1.12 bits per heavy atom. The number of carboxylic acid groups (broad SMARTS) is 1. The van der Waals surface area contributed by atoms with E-state index in [0.29, 0.717) is 31.7 Å². The number of nitrogens with zero attached hydrogens (tertiary/aromatic N) is 2. The number of unbranched alkanes of at least 4 members (excludes halogenated alkanes) is 1. The largest absolute Gasteiger partial charge is 0.480 e. The van der Waals surface area contributed by atoms with Crippen molar-refractivity contribution in [3.05, 3.63) is 0 Å². The van der Waals surface area contributed by atoms with Gasteiger partial charge in [0.1, 0.15) is 5.54 Å². The molecule has 0 aromatic carbocycles. The van der Waals surface area contributed by atoms with Gasteiger partial charge in [-0.05, 0) is 64.5 Å². The van der Waals surface area contributed by atoms with Crippen LogP contribution in [0.1, 0.15) is 51.4 Å². The molecule has 2 rings (SSSR count). The van der Waals surface area contributed by atoms with Gasteiger partial charge in [-0.2, -0.15) is 0 Å². The Morgan fingerprint density at radius 2 is 1.84 bits per heavy atom. The lowest BCUT2D eigenvalue weighted by Crippen LogP contribution is -2.51. The lowest BCUT2D eigenvalue weighted by molar-refractivity contribution is -0.144. The van der Waals surface area contributed by atoms with Crippen LogP contribution in [0.2, 0.25) is 6.32 Å². The first kappa shape index (κ1) is 20.6. The standard InChI is InChI=1S/C17H34BN3O4/c19-17(16(22)23,7-1-2-9-18(24)25)8-13-21-12-5-6-15(21)14-20-10-3-4-11-20/h15,24-25H,1-14,19H2,(H,22,23)/t15-,17?/m0/s1. The van der Waals surface area contributed by atoms with Crippen molar-refractivity contribution in [2.24, 2.45) is 5.73 Å². The van der Waals surface area contributed by atoms with Crippen molar-refractivity contribution in [2.45, 2.75) is 69.3 Å². The molecule has 2 heterocycles. The Kier molecular flexibility index (Phi) is 8.15. The third-order valence-electron chi connectivity index (χ3n) is 5.77. The van der Waals surface area contributed by atoms with E-state index in [4.69, 9.17) is 15.8 Å². The lowest BCUT2D eigenvalue weighted by atomic mass is 9.81. The molecule has 25 heavy (non-hydrogen) atoms. The second-order valence-electron chi connectivity index (χ2n) is 7.78. The summed E-state index contributed by atoms with van der Waals surface area (Å²) in [5.74, 6) is -0.952. The fourth-order valence-corrected chi connectivity index (χ4v) is 4.11. The predicted molar refractivity (Wildman–Crippen MR) is 98.3 cm³/mol. The van der Waals surface area contributed by atoms with E-state index < -0.39 is 18.6 Å². The maximum absolute atomic E-state index is 11.7. The molecule has 8 heteroatoms. The molecule has 0 saturated carbocycles. The molecule has 0 amide bonds. The zero-order chi connectivity index (χ0) is 18.3. The van der Waals surface area contributed by atoms with E-state index in [1.54, 1.807) is 0 Å². The van der Waals surface area contributed by atoms with Gasteiger partial charge in [0.25, 0.3) is 0 Å². The van der Waals surface area contributed by atoms with E-state index >= 15 is 0 Å². The van der Waals surface area contributed by atoms with Gasteiger partial charge in [-0.25, -0.2) is 0 Å². The van der Waals surface area contributed by atoms with Gasteiger partial charge in [-0.15, -0.1) is 0 Å². The zero-order valence-corrected chi connectivity index (χ0v) is 15.3. The topological polar surface area (TPSA) is 110 Å². The molecule has 2 saturated heterocycles. The van der Waals surface area contributed by atoms with Crippen LogP contribution in [-0.2, 0) is 4.79 Å². The molecule has 2 aliphatic rings. The number of nitrogens with two attached hydrogens (primary N) is 1. The van der Waals surface area contributed by atoms with Crippen molar-refractivity contribution in [1.82, 2.24) is 9.80 Å². The highest BCUT2D eigenvalue weighted by Gasteiger charge is 2.35. The van der Waals surface area contributed by atoms with E-state index in [1.165, 1.54) is 38.8 Å². The number of carbonyl (C=O) groups is 1. The van der Waals surface area contributed by atoms with Gasteiger partial charge in [0.05, 0.1) is 0 Å². The summed E-state index contributed by atoms with van der Waals surface area (Å²) in [7, 11) is -1.33. The highest BCUT2D eigenvalue weighted by Crippen LogP contribution is 2.24. The molecule has 144 valence electrons. The molecular formula is C17H34BN3O4. The summed E-state index contributed by atoms with van der Waals surface area (Å²) in [6.07, 6.45) is 7.20. The normalized spacial score (nSPS) is 24.5. The van der Waals surface area contributed by atoms with Crippen LogP contribution in [0.5, 0.6) is 0 Å². The van der Waals surface area contributed by atoms with Crippen LogP contribution in [0.4, 0.5) is 0 Å². The third-order valence-corrected chi connectivity index (χ3v) is 5.77. The number of carboxylic acids is 1. The van der Waals surface area contributed by atoms with Gasteiger partial charge in [-0.1, -0.05) is 12.8 Å². The molecule has 7 nitrogen and oxygen atoms in total. The van der Waals surface area contributed by atoms with Crippen LogP contribution in [0, 0.1) is 0 Å². The molecule has 0 aromatic rings. The maximum atomic E-state index is 11.7. The van der Waals surface area contributed by atoms with Gasteiger partial charge in [0.2, 0.25) is 0 Å². The Balaban J connectivity index is 1.78. The van der Waals surface area contributed by atoms with Crippen LogP contribution in [-0.4, -0.2) is 82.3 Å². The minimum Gasteiger partial charge on any atom is -0.480 e. The average molecular weight is 355 g/mol. The molecule has 2 fully saturated rings. The number of hydrogen-bond acceptors (Lipinski definition) is 6. The lowest BCUT2D eigenvalue weighted by Gasteiger charge is -2.32. The highest BCUT2D eigenvalue weighted by atomic mass is 16.4. The fourth-order valence-electron chi connectivity index (χ4n) is 4.11. The predicted octanol–water partition coefficient (Wildman–Crippen LogP) is 0.362. The molecule has 0 radical (unpaired) electrons. The highest BCUT2D eigenvalue weighted by molar-refractivity contribution is 6.40. The summed E-state index contributed by atoms with van der Waals surface area (Å²) < 4.78 is 0. The second-order valence-corrected chi connectivity index (χ2v) is 7.78. The second kappa shape index (κ2) is 9.87. The molecule has 2 atom stereocenters. The molecule has 0 bridgehead atoms. The Labute approximate surface area is 151 Å². The van der Waals surface area contributed by atoms with Crippen molar-refractivity contribution >= 4 is 13.1 Å². The summed E-state index contributed by atoms with van der Waals surface area (Å²) in [5.41, 5.74) is 4.96. The number of hydrogen-bond donors (Lipinski definition) is 4. The summed E-state index contributed by atoms with van der Waals surface area (Å²) >= 11 is 0. The van der Waals surface area contributed by atoms with Gasteiger partial charge in [0, 0.05) is 19.1 Å². The van der Waals surface area contributed by atoms with Crippen LogP contribution in [0.25, 0.3) is 0 Å². The van der Waals surface area contributed by atoms with E-state index in [1.807, 2.05) is 0 Å². The van der Waals surface area contributed by atoms with Crippen LogP contribution < -0.4 is 5.73 Å². The first-order valence-electron chi connectivity index (χ1n) is 9.75. The first-order chi connectivity index (χ1) is 11.9. The molecule has 5 N–H and O–H groups in total. The quantitative estimate of drug-likeness (QED) is 0.313. The molecular weight excluding hydrogens is 321 g/mol. The minimum atomic E-state index is -1.33. The van der Waals surface area contributed by atoms with E-state index in [0.717, 1.165) is 19.6 Å². The maximum Gasteiger partial charge on any atom is 0.451 e. The first-order valence-corrected chi connectivity index (χ1v) is 9.75. The number of aliphatic carboxylic acids is 1. The number of rotatable bonds is 11. The molecule has 2 aliphatic heterocycles. The Bertz CT molecular complexity index is 421. The van der Waals surface area contributed by atoms with E-state index in [2.05, 4.69) is 9.80 Å². The molecule has 0 spiro atoms.